The fourth-order valence-electron chi connectivity index (χ4n) is 9.58. The van der Waals surface area contributed by atoms with Crippen LogP contribution in [0, 0.1) is 11.6 Å². The Labute approximate surface area is 541 Å². The van der Waals surface area contributed by atoms with E-state index in [1.54, 1.807) is 74.9 Å². The lowest BCUT2D eigenvalue weighted by molar-refractivity contribution is 0.00578. The van der Waals surface area contributed by atoms with E-state index in [4.69, 9.17) is 37.1 Å². The summed E-state index contributed by atoms with van der Waals surface area (Å²) in [5, 5.41) is 54.5. The zero-order valence-electron chi connectivity index (χ0n) is 50.0. The van der Waals surface area contributed by atoms with Crippen molar-refractivity contribution in [3.63, 3.8) is 0 Å². The summed E-state index contributed by atoms with van der Waals surface area (Å²) < 4.78 is 70.5. The van der Waals surface area contributed by atoms with E-state index in [1.165, 1.54) is 48.9 Å². The minimum atomic E-state index is -1.22. The first-order chi connectivity index (χ1) is 44.1. The molecule has 6 N–H and O–H groups in total. The third-order valence-corrected chi connectivity index (χ3v) is 16.1. The van der Waals surface area contributed by atoms with Crippen molar-refractivity contribution in [1.29, 1.82) is 0 Å². The Morgan fingerprint density at radius 2 is 1.27 bits per heavy atom. The summed E-state index contributed by atoms with van der Waals surface area (Å²) in [7, 11) is -1.44. The Morgan fingerprint density at radius 3 is 1.85 bits per heavy atom. The Morgan fingerprint density at radius 1 is 0.717 bits per heavy atom. The summed E-state index contributed by atoms with van der Waals surface area (Å²) in [6.07, 6.45) is 11.1. The van der Waals surface area contributed by atoms with Gasteiger partial charge in [-0.1, -0.05) is 57.9 Å². The van der Waals surface area contributed by atoms with E-state index in [0.717, 1.165) is 15.6 Å². The van der Waals surface area contributed by atoms with Crippen LogP contribution in [0.15, 0.2) is 142 Å². The standard InChI is InChI=1S/C22H16BBrFN5O6.C21H18BBrFN5O5.C17H23BO4/c24-15-11-13(6-7-16(15)25)30-20(29-35-22(30)32)19-17(27-36-28-19)5-2-9-26-21(31)14-4-1-3-12-8-10-34-23(33)18(12)14;23-15-11-13(6-7-16(15)24)26-20(27-32)19-17(28-34-29-19)5-2-9-25-21(30)14-4-1-3-12-8-10-33-22(31)18(12)14;1-12(19)14-9-7-8-13(10-11-20-6)15(14)18-21-16(2,3)17(4,5)22-18/h1,3-4,6-8,10-11,33H,2,5,9H2,(H,26,31);1,3-4,6-8,10-11,31-32H,2,5,9H2,(H,25,30)(H,26,27);7-11H,1-6H3. The highest BCUT2D eigenvalue weighted by Crippen LogP contribution is 2.37. The number of aliphatic imine (C=N–C) groups is 1. The lowest BCUT2D eigenvalue weighted by Crippen LogP contribution is -2.42. The molecule has 3 aromatic heterocycles. The van der Waals surface area contributed by atoms with E-state index in [9.17, 15) is 43.2 Å². The van der Waals surface area contributed by atoms with Crippen molar-refractivity contribution in [2.45, 2.75) is 71.5 Å². The number of rotatable bonds is 18. The number of amides is 2. The van der Waals surface area contributed by atoms with Crippen molar-refractivity contribution in [2.75, 3.05) is 20.2 Å². The molecule has 5 aromatic carbocycles. The van der Waals surface area contributed by atoms with Crippen LogP contribution in [0.25, 0.3) is 35.4 Å². The molecule has 3 aliphatic heterocycles. The first kappa shape index (κ1) is 67.2. The Kier molecular flexibility index (Phi) is 21.8. The molecule has 0 aliphatic carbocycles. The molecular formula is C60H57B3Br2F2N10O15. The van der Waals surface area contributed by atoms with Gasteiger partial charge in [-0.15, -0.1) is 0 Å². The number of halogens is 4. The van der Waals surface area contributed by atoms with Crippen LogP contribution in [0.1, 0.15) is 112 Å². The van der Waals surface area contributed by atoms with E-state index in [1.807, 2.05) is 51.4 Å². The minimum Gasteiger partial charge on any atom is -0.538 e. The number of ether oxygens (including phenoxy) is 1. The van der Waals surface area contributed by atoms with Crippen LogP contribution in [0.2, 0.25) is 0 Å². The smallest absolute Gasteiger partial charge is 0.538 e. The van der Waals surface area contributed by atoms with Gasteiger partial charge in [-0.2, -0.15) is 0 Å². The third-order valence-electron chi connectivity index (χ3n) is 14.9. The number of hydrogen-bond donors (Lipinski definition) is 6. The van der Waals surface area contributed by atoms with Gasteiger partial charge in [0.1, 0.15) is 23.0 Å². The molecule has 92 heavy (non-hydrogen) atoms. The van der Waals surface area contributed by atoms with Gasteiger partial charge in [0, 0.05) is 46.2 Å². The Bertz CT molecular complexity index is 4200. The third kappa shape index (κ3) is 15.4. The molecule has 0 atom stereocenters. The zero-order chi connectivity index (χ0) is 65.9. The van der Waals surface area contributed by atoms with Gasteiger partial charge >= 0.3 is 27.1 Å². The van der Waals surface area contributed by atoms with Crippen molar-refractivity contribution in [3.05, 3.63) is 191 Å². The number of benzene rings is 5. The van der Waals surface area contributed by atoms with Gasteiger partial charge in [0.2, 0.25) is 5.82 Å². The second-order valence-electron chi connectivity index (χ2n) is 21.4. The number of aromatic nitrogens is 6. The number of amidine groups is 1. The van der Waals surface area contributed by atoms with Crippen molar-refractivity contribution >= 4 is 117 Å². The molecule has 2 amide bonds. The number of carbonyl (C=O) groups is 3. The second-order valence-corrected chi connectivity index (χ2v) is 23.1. The van der Waals surface area contributed by atoms with Crippen LogP contribution in [0.5, 0.6) is 0 Å². The van der Waals surface area contributed by atoms with Crippen molar-refractivity contribution in [3.8, 4) is 17.2 Å². The number of methoxy groups -OCH3 is 1. The molecule has 1 fully saturated rings. The lowest BCUT2D eigenvalue weighted by Gasteiger charge is -2.32. The van der Waals surface area contributed by atoms with E-state index in [-0.39, 0.29) is 56.1 Å². The summed E-state index contributed by atoms with van der Waals surface area (Å²) >= 11 is 6.17. The molecule has 11 rings (SSSR count). The maximum atomic E-state index is 13.7. The Hall–Kier alpha value is -9.17. The van der Waals surface area contributed by atoms with E-state index >= 15 is 0 Å². The number of aryl methyl sites for hydroxylation is 2. The molecule has 0 bridgehead atoms. The average molecular weight is 1390 g/mol. The molecule has 0 spiro atoms. The van der Waals surface area contributed by atoms with Crippen LogP contribution in [-0.2, 0) is 36.2 Å². The lowest BCUT2D eigenvalue weighted by atomic mass is 9.72. The molecule has 474 valence electrons. The van der Waals surface area contributed by atoms with Gasteiger partial charge in [0.05, 0.1) is 57.4 Å². The zero-order valence-corrected chi connectivity index (χ0v) is 53.2. The first-order valence-electron chi connectivity index (χ1n) is 28.2. The molecule has 25 nitrogen and oxygen atoms in total. The highest BCUT2D eigenvalue weighted by molar-refractivity contribution is 9.10. The van der Waals surface area contributed by atoms with Crippen LogP contribution in [0.4, 0.5) is 14.5 Å². The monoisotopic (exact) mass is 1390 g/mol. The summed E-state index contributed by atoms with van der Waals surface area (Å²) in [4.78, 5) is 53.9. The van der Waals surface area contributed by atoms with E-state index in [0.29, 0.717) is 93.7 Å². The number of carbonyl (C=O) groups excluding carboxylic acids is 3. The highest BCUT2D eigenvalue weighted by atomic mass is 79.9. The van der Waals surface area contributed by atoms with Crippen LogP contribution in [0.3, 0.4) is 0 Å². The molecular weight excluding hydrogens is 1330 g/mol. The van der Waals surface area contributed by atoms with Crippen LogP contribution in [-0.4, -0.2) is 122 Å². The number of hydrogen-bond acceptors (Lipinski definition) is 21. The van der Waals surface area contributed by atoms with Gasteiger partial charge in [-0.05, 0) is 186 Å². The minimum absolute atomic E-state index is 0.0163. The maximum absolute atomic E-state index is 13.7. The van der Waals surface area contributed by atoms with Gasteiger partial charge in [-0.25, -0.2) is 32.4 Å². The number of hydroxylamine groups is 1. The molecule has 8 aromatic rings. The van der Waals surface area contributed by atoms with Gasteiger partial charge in [-0.3, -0.25) is 29.6 Å². The summed E-state index contributed by atoms with van der Waals surface area (Å²) in [5.41, 5.74) is 7.93. The number of ketones is 1. The fraction of sp³-hybridized carbons (Fsp3) is 0.233. The molecule has 0 saturated carbocycles. The molecule has 0 unspecified atom stereocenters. The maximum Gasteiger partial charge on any atom is 0.561 e. The average Bonchev–Trinajstić information content (AvgIpc) is 1.63. The molecule has 6 heterocycles. The number of nitrogens with zero attached hydrogens (tertiary/aromatic N) is 7. The first-order valence-corrected chi connectivity index (χ1v) is 29.8. The molecule has 3 aliphatic rings. The summed E-state index contributed by atoms with van der Waals surface area (Å²) in [6, 6.07) is 23.9. The van der Waals surface area contributed by atoms with E-state index in [2.05, 4.69) is 73.3 Å². The quantitative estimate of drug-likeness (QED) is 0.00988. The predicted molar refractivity (Wildman–Crippen MR) is 340 cm³/mol. The van der Waals surface area contributed by atoms with E-state index < -0.39 is 49.9 Å². The number of fused-ring (bicyclic) bond motifs is 2. The molecule has 0 radical (unpaired) electrons. The van der Waals surface area contributed by atoms with Crippen molar-refractivity contribution in [1.82, 2.24) is 46.5 Å². The topological polar surface area (TPSA) is 332 Å². The molecule has 32 heteroatoms. The second kappa shape index (κ2) is 29.9. The van der Waals surface area contributed by atoms with Gasteiger partial charge < -0.3 is 44.0 Å². The fourth-order valence-corrected chi connectivity index (χ4v) is 10.3. The largest absolute Gasteiger partial charge is 0.561 e. The van der Waals surface area contributed by atoms with Crippen molar-refractivity contribution in [2.24, 2.45) is 4.99 Å². The predicted octanol–water partition coefficient (Wildman–Crippen LogP) is 6.71. The van der Waals surface area contributed by atoms with Crippen LogP contribution < -0.4 is 38.3 Å². The number of nitrogens with one attached hydrogen (secondary N) is 3. The van der Waals surface area contributed by atoms with Gasteiger partial charge in [0.15, 0.2) is 23.0 Å². The summed E-state index contributed by atoms with van der Waals surface area (Å²) in [6.45, 7) is 10.1. The van der Waals surface area contributed by atoms with Crippen LogP contribution >= 0.6 is 31.9 Å². The van der Waals surface area contributed by atoms with Crippen molar-refractivity contribution < 1.29 is 75.6 Å². The Balaban J connectivity index is 0.000000168. The number of Topliss-reactive ketones (excluding diaryl/α,β-unsaturated/α-hetero) is 1. The summed E-state index contributed by atoms with van der Waals surface area (Å²) in [5.74, 6) is -2.46. The SMILES string of the molecule is COC=Cc1cccc(C(C)=O)c1B1OC(C)(C)C(C)(C)O1.O=C(NCCCc1nonc1-c1noc(=O)n1-c1ccc(F)c(Br)c1)c1cccc2c1B(O)OC=C2.O=C(NCCCc1nonc1C(=Nc1ccc(F)c(Br)c1)NO)c1cccc2c1B(O)OC=C2. The van der Waals surface area contributed by atoms with Gasteiger partial charge in [0.25, 0.3) is 11.8 Å². The normalized spacial score (nSPS) is 14.3. The molecule has 1 saturated heterocycles. The highest BCUT2D eigenvalue weighted by Gasteiger charge is 2.53.